The first kappa shape index (κ1) is 21.6. The van der Waals surface area contributed by atoms with Crippen LogP contribution in [0.1, 0.15) is 28.4 Å². The molecule has 0 bridgehead atoms. The third-order valence-electron chi connectivity index (χ3n) is 4.04. The molecule has 0 spiro atoms. The van der Waals surface area contributed by atoms with Crippen molar-refractivity contribution in [3.63, 3.8) is 0 Å². The van der Waals surface area contributed by atoms with Crippen LogP contribution in [0.25, 0.3) is 0 Å². The fraction of sp³-hybridized carbons (Fsp3) is 0.300. The van der Waals surface area contributed by atoms with Crippen LogP contribution in [0.5, 0.6) is 0 Å². The van der Waals surface area contributed by atoms with Crippen LogP contribution >= 0.6 is 0 Å². The van der Waals surface area contributed by atoms with Gasteiger partial charge in [0.1, 0.15) is 5.82 Å². The van der Waals surface area contributed by atoms with Gasteiger partial charge in [-0.25, -0.2) is 12.8 Å². The zero-order valence-corrected chi connectivity index (χ0v) is 16.6. The highest BCUT2D eigenvalue weighted by Crippen LogP contribution is 2.10. The average molecular weight is 406 g/mol. The van der Waals surface area contributed by atoms with E-state index in [4.69, 9.17) is 0 Å². The number of amides is 2. The molecule has 1 N–H and O–H groups in total. The standard InChI is InChI=1S/C20H23FN2O4S/c1-3-23(13-19(24)22-12-15-6-10-18(21)11-7-15)20(25)17-8-4-16(5-9-17)14-28(2,26)27/h4-11H,3,12-14H2,1-2H3,(H,22,24). The monoisotopic (exact) mass is 406 g/mol. The molecule has 0 radical (unpaired) electrons. The van der Waals surface area contributed by atoms with E-state index in [0.29, 0.717) is 17.7 Å². The Morgan fingerprint density at radius 3 is 2.11 bits per heavy atom. The van der Waals surface area contributed by atoms with E-state index in [0.717, 1.165) is 11.8 Å². The van der Waals surface area contributed by atoms with Crippen LogP contribution in [0, 0.1) is 5.82 Å². The number of hydrogen-bond donors (Lipinski definition) is 1. The van der Waals surface area contributed by atoms with Crippen LogP contribution in [0.3, 0.4) is 0 Å². The lowest BCUT2D eigenvalue weighted by Gasteiger charge is -2.20. The lowest BCUT2D eigenvalue weighted by atomic mass is 10.1. The summed E-state index contributed by atoms with van der Waals surface area (Å²) >= 11 is 0. The van der Waals surface area contributed by atoms with Gasteiger partial charge in [0.2, 0.25) is 5.91 Å². The Hall–Kier alpha value is -2.74. The summed E-state index contributed by atoms with van der Waals surface area (Å²) in [5.41, 5.74) is 1.73. The van der Waals surface area contributed by atoms with Gasteiger partial charge < -0.3 is 10.2 Å². The maximum Gasteiger partial charge on any atom is 0.254 e. The number of likely N-dealkylation sites (N-methyl/N-ethyl adjacent to an activating group) is 1. The van der Waals surface area contributed by atoms with E-state index in [-0.39, 0.29) is 36.5 Å². The first-order valence-electron chi connectivity index (χ1n) is 8.75. The molecular weight excluding hydrogens is 383 g/mol. The maximum atomic E-state index is 12.9. The highest BCUT2D eigenvalue weighted by atomic mass is 32.2. The molecule has 0 unspecified atom stereocenters. The van der Waals surface area contributed by atoms with Gasteiger partial charge in [0.25, 0.3) is 5.91 Å². The van der Waals surface area contributed by atoms with Crippen molar-refractivity contribution in [1.29, 1.82) is 0 Å². The van der Waals surface area contributed by atoms with E-state index in [1.54, 1.807) is 43.3 Å². The smallest absolute Gasteiger partial charge is 0.254 e. The first-order chi connectivity index (χ1) is 13.2. The Kier molecular flexibility index (Phi) is 7.28. The molecule has 2 amide bonds. The molecule has 2 rings (SSSR count). The Morgan fingerprint density at radius 2 is 1.57 bits per heavy atom. The Balaban J connectivity index is 1.94. The van der Waals surface area contributed by atoms with Crippen molar-refractivity contribution >= 4 is 21.7 Å². The molecule has 8 heteroatoms. The van der Waals surface area contributed by atoms with Crippen molar-refractivity contribution in [2.45, 2.75) is 19.2 Å². The maximum absolute atomic E-state index is 12.9. The molecule has 0 heterocycles. The number of nitrogens with one attached hydrogen (secondary N) is 1. The van der Waals surface area contributed by atoms with Gasteiger partial charge in [0, 0.05) is 24.9 Å². The van der Waals surface area contributed by atoms with Gasteiger partial charge in [-0.2, -0.15) is 0 Å². The zero-order chi connectivity index (χ0) is 20.7. The van der Waals surface area contributed by atoms with E-state index < -0.39 is 9.84 Å². The van der Waals surface area contributed by atoms with Crippen molar-refractivity contribution in [3.05, 3.63) is 71.0 Å². The fourth-order valence-electron chi connectivity index (χ4n) is 2.59. The summed E-state index contributed by atoms with van der Waals surface area (Å²) in [5, 5.41) is 2.70. The SMILES string of the molecule is CCN(CC(=O)NCc1ccc(F)cc1)C(=O)c1ccc(CS(C)(=O)=O)cc1. The summed E-state index contributed by atoms with van der Waals surface area (Å²) in [4.78, 5) is 26.2. The highest BCUT2D eigenvalue weighted by molar-refractivity contribution is 7.89. The van der Waals surface area contributed by atoms with Gasteiger partial charge >= 0.3 is 0 Å². The van der Waals surface area contributed by atoms with Gasteiger partial charge in [-0.15, -0.1) is 0 Å². The number of benzene rings is 2. The molecule has 0 aliphatic heterocycles. The fourth-order valence-corrected chi connectivity index (χ4v) is 3.39. The third-order valence-corrected chi connectivity index (χ3v) is 4.89. The van der Waals surface area contributed by atoms with E-state index in [1.807, 2.05) is 0 Å². The second kappa shape index (κ2) is 9.45. The van der Waals surface area contributed by atoms with Crippen molar-refractivity contribution in [3.8, 4) is 0 Å². The van der Waals surface area contributed by atoms with Gasteiger partial charge in [-0.05, 0) is 42.3 Å². The molecular formula is C20H23FN2O4S. The summed E-state index contributed by atoms with van der Waals surface area (Å²) in [6.07, 6.45) is 1.15. The average Bonchev–Trinajstić information content (AvgIpc) is 2.64. The molecule has 0 aliphatic carbocycles. The highest BCUT2D eigenvalue weighted by Gasteiger charge is 2.17. The molecule has 2 aromatic rings. The molecule has 0 atom stereocenters. The normalized spacial score (nSPS) is 11.1. The summed E-state index contributed by atoms with van der Waals surface area (Å²) < 4.78 is 35.6. The van der Waals surface area contributed by atoms with Crippen LogP contribution in [-0.2, 0) is 26.9 Å². The van der Waals surface area contributed by atoms with Crippen LogP contribution in [0.15, 0.2) is 48.5 Å². The van der Waals surface area contributed by atoms with E-state index in [9.17, 15) is 22.4 Å². The second-order valence-corrected chi connectivity index (χ2v) is 8.63. The largest absolute Gasteiger partial charge is 0.350 e. The van der Waals surface area contributed by atoms with Gasteiger partial charge in [-0.3, -0.25) is 9.59 Å². The lowest BCUT2D eigenvalue weighted by molar-refractivity contribution is -0.121. The third kappa shape index (κ3) is 6.77. The number of halogens is 1. The molecule has 0 fully saturated rings. The van der Waals surface area contributed by atoms with Gasteiger partial charge in [0.15, 0.2) is 9.84 Å². The van der Waals surface area contributed by atoms with Gasteiger partial charge in [0.05, 0.1) is 12.3 Å². The zero-order valence-electron chi connectivity index (χ0n) is 15.8. The molecule has 28 heavy (non-hydrogen) atoms. The summed E-state index contributed by atoms with van der Waals surface area (Å²) in [6.45, 7) is 2.24. The van der Waals surface area contributed by atoms with Crippen LogP contribution in [0.2, 0.25) is 0 Å². The number of carbonyl (C=O) groups excluding carboxylic acids is 2. The van der Waals surface area contributed by atoms with E-state index in [1.165, 1.54) is 17.0 Å². The summed E-state index contributed by atoms with van der Waals surface area (Å²) in [7, 11) is -3.15. The minimum atomic E-state index is -3.15. The lowest BCUT2D eigenvalue weighted by Crippen LogP contribution is -2.40. The Morgan fingerprint density at radius 1 is 1.00 bits per heavy atom. The van der Waals surface area contributed by atoms with E-state index >= 15 is 0 Å². The number of hydrogen-bond acceptors (Lipinski definition) is 4. The minimum Gasteiger partial charge on any atom is -0.350 e. The van der Waals surface area contributed by atoms with Crippen LogP contribution in [0.4, 0.5) is 4.39 Å². The number of nitrogens with zero attached hydrogens (tertiary/aromatic N) is 1. The van der Waals surface area contributed by atoms with Gasteiger partial charge in [-0.1, -0.05) is 24.3 Å². The second-order valence-electron chi connectivity index (χ2n) is 6.49. The predicted octanol–water partition coefficient (Wildman–Crippen LogP) is 2.15. The number of sulfone groups is 1. The summed E-state index contributed by atoms with van der Waals surface area (Å²) in [5.74, 6) is -1.08. The molecule has 2 aromatic carbocycles. The molecule has 0 saturated heterocycles. The van der Waals surface area contributed by atoms with Crippen molar-refractivity contribution in [2.24, 2.45) is 0 Å². The summed E-state index contributed by atoms with van der Waals surface area (Å²) in [6, 6.07) is 12.1. The molecule has 0 aliphatic rings. The Labute approximate surface area is 164 Å². The quantitative estimate of drug-likeness (QED) is 0.728. The van der Waals surface area contributed by atoms with Crippen molar-refractivity contribution < 1.29 is 22.4 Å². The molecule has 6 nitrogen and oxygen atoms in total. The van der Waals surface area contributed by atoms with Crippen LogP contribution in [-0.4, -0.2) is 44.5 Å². The molecule has 0 aromatic heterocycles. The predicted molar refractivity (Wildman–Crippen MR) is 105 cm³/mol. The number of carbonyl (C=O) groups is 2. The van der Waals surface area contributed by atoms with Crippen molar-refractivity contribution in [2.75, 3.05) is 19.3 Å². The topological polar surface area (TPSA) is 83.6 Å². The molecule has 0 saturated carbocycles. The van der Waals surface area contributed by atoms with Crippen molar-refractivity contribution in [1.82, 2.24) is 10.2 Å². The molecule has 150 valence electrons. The van der Waals surface area contributed by atoms with E-state index in [2.05, 4.69) is 5.32 Å². The number of rotatable bonds is 8. The first-order valence-corrected chi connectivity index (χ1v) is 10.8. The van der Waals surface area contributed by atoms with Crippen LogP contribution < -0.4 is 5.32 Å². The Bertz CT molecular complexity index is 926. The minimum absolute atomic E-state index is 0.0925.